The Balaban J connectivity index is 0.000000791. The van der Waals surface area contributed by atoms with Gasteiger partial charge in [-0.05, 0) is 24.0 Å². The van der Waals surface area contributed by atoms with Gasteiger partial charge in [0.05, 0.1) is 0 Å². The number of aromatic nitrogens is 1. The van der Waals surface area contributed by atoms with Gasteiger partial charge in [0.25, 0.3) is 0 Å². The van der Waals surface area contributed by atoms with Crippen LogP contribution in [0.5, 0.6) is 0 Å². The van der Waals surface area contributed by atoms with Crippen LogP contribution in [0.15, 0.2) is 12.3 Å². The highest BCUT2D eigenvalue weighted by Crippen LogP contribution is 2.17. The number of nitrogens with zero attached hydrogens (tertiary/aromatic N) is 1. The van der Waals surface area contributed by atoms with E-state index in [4.69, 9.17) is 0 Å². The van der Waals surface area contributed by atoms with Gasteiger partial charge in [0.15, 0.2) is 0 Å². The van der Waals surface area contributed by atoms with Crippen molar-refractivity contribution in [2.24, 2.45) is 0 Å². The summed E-state index contributed by atoms with van der Waals surface area (Å²) in [6.45, 7) is 9.98. The molecule has 0 fully saturated rings. The highest BCUT2D eigenvalue weighted by molar-refractivity contribution is 5.21. The van der Waals surface area contributed by atoms with Crippen molar-refractivity contribution in [1.82, 2.24) is 4.98 Å². The van der Waals surface area contributed by atoms with Crippen LogP contribution >= 0.6 is 0 Å². The van der Waals surface area contributed by atoms with Crippen LogP contribution in [-0.2, 0) is 6.42 Å². The average molecular weight is 197 g/mol. The third-order valence-electron chi connectivity index (χ3n) is 1.95. The summed E-state index contributed by atoms with van der Waals surface area (Å²) in [6.07, 6.45) is 2.51. The summed E-state index contributed by atoms with van der Waals surface area (Å²) in [6, 6.07) is 1.90. The lowest BCUT2D eigenvalue weighted by molar-refractivity contribution is 0.555. The molecule has 1 aromatic rings. The Morgan fingerprint density at radius 3 is 2.36 bits per heavy atom. The topological polar surface area (TPSA) is 12.9 Å². The van der Waals surface area contributed by atoms with Crippen LogP contribution in [0.25, 0.3) is 0 Å². The standard InChI is InChI=1S/C10H14FN.C2H6/c1-4-8-5-9(7(2)3)10(11)12-6-8;1-2/h5-7H,4H2,1-3H3;1-2H3. The van der Waals surface area contributed by atoms with Gasteiger partial charge < -0.3 is 0 Å². The molecule has 1 rings (SSSR count). The summed E-state index contributed by atoms with van der Waals surface area (Å²) >= 11 is 0. The van der Waals surface area contributed by atoms with Gasteiger partial charge in [0.2, 0.25) is 5.95 Å². The van der Waals surface area contributed by atoms with Gasteiger partial charge in [-0.2, -0.15) is 4.39 Å². The molecule has 0 spiro atoms. The molecule has 0 atom stereocenters. The van der Waals surface area contributed by atoms with Gasteiger partial charge in [-0.25, -0.2) is 4.98 Å². The second-order valence-corrected chi connectivity index (χ2v) is 3.23. The van der Waals surface area contributed by atoms with Crippen molar-refractivity contribution >= 4 is 0 Å². The van der Waals surface area contributed by atoms with E-state index in [-0.39, 0.29) is 11.9 Å². The third kappa shape index (κ3) is 3.44. The van der Waals surface area contributed by atoms with Crippen LogP contribution in [0.2, 0.25) is 0 Å². The third-order valence-corrected chi connectivity index (χ3v) is 1.95. The molecule has 0 saturated carbocycles. The molecule has 2 heteroatoms. The van der Waals surface area contributed by atoms with Crippen LogP contribution in [0.3, 0.4) is 0 Å². The molecule has 0 aromatic carbocycles. The molecule has 0 aliphatic heterocycles. The zero-order valence-corrected chi connectivity index (χ0v) is 9.76. The number of pyridine rings is 1. The minimum Gasteiger partial charge on any atom is -0.228 e. The maximum Gasteiger partial charge on any atom is 0.216 e. The molecule has 0 unspecified atom stereocenters. The minimum atomic E-state index is -0.331. The molecular weight excluding hydrogens is 177 g/mol. The van der Waals surface area contributed by atoms with Gasteiger partial charge in [0.1, 0.15) is 0 Å². The lowest BCUT2D eigenvalue weighted by atomic mass is 10.0. The smallest absolute Gasteiger partial charge is 0.216 e. The first kappa shape index (κ1) is 13.1. The van der Waals surface area contributed by atoms with E-state index >= 15 is 0 Å². The molecule has 1 heterocycles. The van der Waals surface area contributed by atoms with Crippen molar-refractivity contribution in [1.29, 1.82) is 0 Å². The van der Waals surface area contributed by atoms with E-state index in [0.717, 1.165) is 12.0 Å². The van der Waals surface area contributed by atoms with Gasteiger partial charge in [-0.3, -0.25) is 0 Å². The van der Waals surface area contributed by atoms with Gasteiger partial charge in [0, 0.05) is 11.8 Å². The van der Waals surface area contributed by atoms with Gasteiger partial charge in [-0.15, -0.1) is 0 Å². The summed E-state index contributed by atoms with van der Waals surface area (Å²) in [4.78, 5) is 3.70. The first-order valence-corrected chi connectivity index (χ1v) is 5.29. The number of aryl methyl sites for hydroxylation is 1. The van der Waals surface area contributed by atoms with Crippen molar-refractivity contribution < 1.29 is 4.39 Å². The Hall–Kier alpha value is -0.920. The fraction of sp³-hybridized carbons (Fsp3) is 0.583. The number of rotatable bonds is 2. The zero-order chi connectivity index (χ0) is 11.1. The average Bonchev–Trinajstić information content (AvgIpc) is 2.21. The predicted molar refractivity (Wildman–Crippen MR) is 59.0 cm³/mol. The Morgan fingerprint density at radius 2 is 1.93 bits per heavy atom. The van der Waals surface area contributed by atoms with Crippen LogP contribution < -0.4 is 0 Å². The summed E-state index contributed by atoms with van der Waals surface area (Å²) in [7, 11) is 0. The van der Waals surface area contributed by atoms with Crippen molar-refractivity contribution in [2.75, 3.05) is 0 Å². The molecule has 0 amide bonds. The predicted octanol–water partition coefficient (Wildman–Crippen LogP) is 3.93. The van der Waals surface area contributed by atoms with Crippen molar-refractivity contribution in [3.05, 3.63) is 29.3 Å². The fourth-order valence-electron chi connectivity index (χ4n) is 1.11. The van der Waals surface area contributed by atoms with Gasteiger partial charge in [-0.1, -0.05) is 34.6 Å². The van der Waals surface area contributed by atoms with Gasteiger partial charge >= 0.3 is 0 Å². The Bertz CT molecular complexity index is 269. The monoisotopic (exact) mass is 197 g/mol. The van der Waals surface area contributed by atoms with E-state index < -0.39 is 0 Å². The highest BCUT2D eigenvalue weighted by Gasteiger charge is 2.07. The van der Waals surface area contributed by atoms with Crippen molar-refractivity contribution in [3.63, 3.8) is 0 Å². The molecule has 14 heavy (non-hydrogen) atoms. The maximum absolute atomic E-state index is 13.0. The maximum atomic E-state index is 13.0. The summed E-state index contributed by atoms with van der Waals surface area (Å²) in [5.41, 5.74) is 1.81. The molecular formula is C12H20FN. The molecule has 1 aromatic heterocycles. The van der Waals surface area contributed by atoms with E-state index in [1.54, 1.807) is 6.20 Å². The SMILES string of the molecule is CC.CCc1cnc(F)c(C(C)C)c1. The zero-order valence-electron chi connectivity index (χ0n) is 9.76. The number of hydrogen-bond donors (Lipinski definition) is 0. The lowest BCUT2D eigenvalue weighted by Gasteiger charge is -2.07. The van der Waals surface area contributed by atoms with Crippen LogP contribution in [0, 0.1) is 5.95 Å². The van der Waals surface area contributed by atoms with Crippen molar-refractivity contribution in [3.8, 4) is 0 Å². The Labute approximate surface area is 86.4 Å². The Morgan fingerprint density at radius 1 is 1.36 bits per heavy atom. The second kappa shape index (κ2) is 6.52. The van der Waals surface area contributed by atoms with E-state index in [2.05, 4.69) is 4.98 Å². The van der Waals surface area contributed by atoms with E-state index in [1.165, 1.54) is 0 Å². The quantitative estimate of drug-likeness (QED) is 0.654. The molecule has 0 bridgehead atoms. The normalized spacial score (nSPS) is 9.64. The fourth-order valence-corrected chi connectivity index (χ4v) is 1.11. The van der Waals surface area contributed by atoms with Crippen LogP contribution in [0.4, 0.5) is 4.39 Å². The summed E-state index contributed by atoms with van der Waals surface area (Å²) in [5.74, 6) is -0.119. The highest BCUT2D eigenvalue weighted by atomic mass is 19.1. The molecule has 1 nitrogen and oxygen atoms in total. The molecule has 0 radical (unpaired) electrons. The van der Waals surface area contributed by atoms with E-state index in [9.17, 15) is 4.39 Å². The largest absolute Gasteiger partial charge is 0.228 e. The summed E-state index contributed by atoms with van der Waals surface area (Å²) in [5, 5.41) is 0. The number of hydrogen-bond acceptors (Lipinski definition) is 1. The molecule has 0 aliphatic carbocycles. The first-order chi connectivity index (χ1) is 6.65. The second-order valence-electron chi connectivity index (χ2n) is 3.23. The molecule has 80 valence electrons. The lowest BCUT2D eigenvalue weighted by Crippen LogP contribution is -1.97. The molecule has 0 N–H and O–H groups in total. The van der Waals surface area contributed by atoms with Crippen LogP contribution in [0.1, 0.15) is 51.7 Å². The van der Waals surface area contributed by atoms with Crippen molar-refractivity contribution in [2.45, 2.75) is 47.0 Å². The summed E-state index contributed by atoms with van der Waals surface area (Å²) < 4.78 is 13.0. The van der Waals surface area contributed by atoms with E-state index in [0.29, 0.717) is 5.56 Å². The van der Waals surface area contributed by atoms with E-state index in [1.807, 2.05) is 40.7 Å². The first-order valence-electron chi connectivity index (χ1n) is 5.29. The Kier molecular flexibility index (Phi) is 6.09. The van der Waals surface area contributed by atoms with Crippen LogP contribution in [-0.4, -0.2) is 4.98 Å². The molecule has 0 saturated heterocycles. The number of halogens is 1. The minimum absolute atomic E-state index is 0.212. The molecule has 0 aliphatic rings.